The zero-order valence-electron chi connectivity index (χ0n) is 25.5. The molecular formula is C39H47BrO. The summed E-state index contributed by atoms with van der Waals surface area (Å²) in [5.74, 6) is 0. The van der Waals surface area contributed by atoms with Gasteiger partial charge in [0.05, 0.1) is 0 Å². The molecule has 0 bridgehead atoms. The zero-order valence-corrected chi connectivity index (χ0v) is 27.1. The molecule has 4 rings (SSSR count). The molecule has 0 aromatic heterocycles. The van der Waals surface area contributed by atoms with E-state index in [1.165, 1.54) is 73.6 Å². The molecule has 216 valence electrons. The molecule has 0 fully saturated rings. The van der Waals surface area contributed by atoms with E-state index in [0.717, 1.165) is 45.1 Å². The summed E-state index contributed by atoms with van der Waals surface area (Å²) in [6, 6.07) is 30.3. The van der Waals surface area contributed by atoms with Gasteiger partial charge in [-0.3, -0.25) is 0 Å². The van der Waals surface area contributed by atoms with Crippen molar-refractivity contribution in [2.24, 2.45) is 0 Å². The van der Waals surface area contributed by atoms with E-state index in [4.69, 9.17) is 0 Å². The van der Waals surface area contributed by atoms with E-state index in [1.807, 2.05) is 6.07 Å². The number of aryl methyl sites for hydroxylation is 4. The van der Waals surface area contributed by atoms with Gasteiger partial charge in [-0.25, -0.2) is 0 Å². The molecule has 2 heteroatoms. The maximum Gasteiger partial charge on any atom is 0.141 e. The molecule has 4 aromatic carbocycles. The Kier molecular flexibility index (Phi) is 11.4. The third-order valence-electron chi connectivity index (χ3n) is 8.20. The van der Waals surface area contributed by atoms with E-state index < -0.39 is 5.60 Å². The predicted molar refractivity (Wildman–Crippen MR) is 180 cm³/mol. The molecular weight excluding hydrogens is 564 g/mol. The summed E-state index contributed by atoms with van der Waals surface area (Å²) >= 11 is 3.75. The van der Waals surface area contributed by atoms with Crippen molar-refractivity contribution in [3.63, 3.8) is 0 Å². The first-order valence-corrected chi connectivity index (χ1v) is 16.4. The Morgan fingerprint density at radius 2 is 1.15 bits per heavy atom. The standard InChI is InChI=1S/C39H47BrO/c1-5-7-9-12-16-31-22-29(3)24-34(26-31)39(41,35-25-30(4)23-32(27-35)17-13-10-8-6-2)38-28-36(40)20-21-37(38)33-18-14-11-15-19-33/h11,14-15,18-28,41H,5-10,12-13,16-17H2,1-4H3. The highest BCUT2D eigenvalue weighted by Crippen LogP contribution is 2.44. The largest absolute Gasteiger partial charge is 0.376 e. The van der Waals surface area contributed by atoms with Gasteiger partial charge < -0.3 is 5.11 Å². The summed E-state index contributed by atoms with van der Waals surface area (Å²) in [5.41, 5.74) is 8.62. The molecule has 0 aliphatic carbocycles. The Morgan fingerprint density at radius 1 is 0.610 bits per heavy atom. The van der Waals surface area contributed by atoms with E-state index in [1.54, 1.807) is 0 Å². The van der Waals surface area contributed by atoms with Crippen molar-refractivity contribution in [3.05, 3.63) is 128 Å². The van der Waals surface area contributed by atoms with Crippen LogP contribution in [0.15, 0.2) is 89.4 Å². The average molecular weight is 612 g/mol. The lowest BCUT2D eigenvalue weighted by Crippen LogP contribution is -2.30. The van der Waals surface area contributed by atoms with Gasteiger partial charge in [-0.15, -0.1) is 0 Å². The van der Waals surface area contributed by atoms with Gasteiger partial charge in [0.25, 0.3) is 0 Å². The van der Waals surface area contributed by atoms with Crippen molar-refractivity contribution < 1.29 is 5.11 Å². The molecule has 0 heterocycles. The fourth-order valence-corrected chi connectivity index (χ4v) is 6.47. The van der Waals surface area contributed by atoms with Crippen LogP contribution in [0.25, 0.3) is 11.1 Å². The van der Waals surface area contributed by atoms with Gasteiger partial charge in [-0.2, -0.15) is 0 Å². The number of hydrogen-bond acceptors (Lipinski definition) is 1. The molecule has 1 nitrogen and oxygen atoms in total. The molecule has 1 N–H and O–H groups in total. The minimum Gasteiger partial charge on any atom is -0.376 e. The van der Waals surface area contributed by atoms with Gasteiger partial charge in [0.1, 0.15) is 5.60 Å². The molecule has 4 aromatic rings. The number of hydrogen-bond donors (Lipinski definition) is 1. The Morgan fingerprint density at radius 3 is 1.66 bits per heavy atom. The topological polar surface area (TPSA) is 20.2 Å². The minimum absolute atomic E-state index is 0.906. The molecule has 0 aliphatic rings. The Labute approximate surface area is 257 Å². The van der Waals surface area contributed by atoms with Crippen molar-refractivity contribution in [2.45, 2.75) is 97.5 Å². The quantitative estimate of drug-likeness (QED) is 0.111. The normalized spacial score (nSPS) is 11.7. The van der Waals surface area contributed by atoms with E-state index >= 15 is 0 Å². The average Bonchev–Trinajstić information content (AvgIpc) is 2.97. The maximum atomic E-state index is 13.3. The molecule has 41 heavy (non-hydrogen) atoms. The van der Waals surface area contributed by atoms with Crippen LogP contribution in [0.5, 0.6) is 0 Å². The van der Waals surface area contributed by atoms with Crippen LogP contribution in [0.3, 0.4) is 0 Å². The number of halogens is 1. The maximum absolute atomic E-state index is 13.3. The molecule has 0 spiro atoms. The summed E-state index contributed by atoms with van der Waals surface area (Å²) in [6.07, 6.45) is 11.9. The summed E-state index contributed by atoms with van der Waals surface area (Å²) in [6.45, 7) is 8.84. The number of aliphatic hydroxyl groups is 1. The smallest absolute Gasteiger partial charge is 0.141 e. The van der Waals surface area contributed by atoms with Crippen LogP contribution < -0.4 is 0 Å². The highest BCUT2D eigenvalue weighted by molar-refractivity contribution is 9.10. The second kappa shape index (κ2) is 15.0. The van der Waals surface area contributed by atoms with Crippen LogP contribution in [0, 0.1) is 13.8 Å². The Hall–Kier alpha value is -2.68. The first-order chi connectivity index (χ1) is 19.8. The third kappa shape index (κ3) is 7.99. The lowest BCUT2D eigenvalue weighted by atomic mass is 9.75. The van der Waals surface area contributed by atoms with Gasteiger partial charge >= 0.3 is 0 Å². The Bertz CT molecular complexity index is 1340. The van der Waals surface area contributed by atoms with Gasteiger partial charge in [0.2, 0.25) is 0 Å². The summed E-state index contributed by atoms with van der Waals surface area (Å²) in [5, 5.41) is 13.3. The molecule has 0 amide bonds. The fraction of sp³-hybridized carbons (Fsp3) is 0.385. The van der Waals surface area contributed by atoms with Crippen LogP contribution >= 0.6 is 15.9 Å². The minimum atomic E-state index is -1.32. The summed E-state index contributed by atoms with van der Waals surface area (Å²) in [7, 11) is 0. The monoisotopic (exact) mass is 610 g/mol. The highest BCUT2D eigenvalue weighted by atomic mass is 79.9. The lowest BCUT2D eigenvalue weighted by Gasteiger charge is -2.34. The highest BCUT2D eigenvalue weighted by Gasteiger charge is 2.37. The molecule has 0 aliphatic heterocycles. The molecule has 0 radical (unpaired) electrons. The molecule has 0 saturated carbocycles. The van der Waals surface area contributed by atoms with Crippen molar-refractivity contribution in [1.29, 1.82) is 0 Å². The van der Waals surface area contributed by atoms with Gasteiger partial charge in [-0.05, 0) is 85.0 Å². The number of benzene rings is 4. The van der Waals surface area contributed by atoms with E-state index in [2.05, 4.69) is 122 Å². The molecule has 0 unspecified atom stereocenters. The molecule has 0 atom stereocenters. The number of rotatable bonds is 14. The van der Waals surface area contributed by atoms with Crippen molar-refractivity contribution in [2.75, 3.05) is 0 Å². The zero-order chi connectivity index (χ0) is 29.2. The Balaban J connectivity index is 1.92. The first-order valence-electron chi connectivity index (χ1n) is 15.6. The van der Waals surface area contributed by atoms with Crippen molar-refractivity contribution in [3.8, 4) is 11.1 Å². The SMILES string of the molecule is CCCCCCc1cc(C)cc(C(O)(c2cc(C)cc(CCCCCC)c2)c2cc(Br)ccc2-c2ccccc2)c1. The van der Waals surface area contributed by atoms with Crippen LogP contribution in [0.4, 0.5) is 0 Å². The number of unbranched alkanes of at least 4 members (excludes halogenated alkanes) is 6. The van der Waals surface area contributed by atoms with Gasteiger partial charge in [0.15, 0.2) is 0 Å². The van der Waals surface area contributed by atoms with E-state index in [9.17, 15) is 5.11 Å². The van der Waals surface area contributed by atoms with Crippen molar-refractivity contribution in [1.82, 2.24) is 0 Å². The van der Waals surface area contributed by atoms with Gasteiger partial charge in [0, 0.05) is 10.0 Å². The van der Waals surface area contributed by atoms with Gasteiger partial charge in [-0.1, -0.05) is 152 Å². The van der Waals surface area contributed by atoms with Crippen LogP contribution in [-0.4, -0.2) is 5.11 Å². The van der Waals surface area contributed by atoms with Crippen LogP contribution in [0.2, 0.25) is 0 Å². The second-order valence-corrected chi connectivity index (χ2v) is 12.7. The third-order valence-corrected chi connectivity index (χ3v) is 8.70. The first kappa shape index (κ1) is 31.3. The van der Waals surface area contributed by atoms with Crippen molar-refractivity contribution >= 4 is 15.9 Å². The van der Waals surface area contributed by atoms with Crippen LogP contribution in [-0.2, 0) is 18.4 Å². The van der Waals surface area contributed by atoms with Crippen LogP contribution in [0.1, 0.15) is 104 Å². The fourth-order valence-electron chi connectivity index (χ4n) is 6.11. The lowest BCUT2D eigenvalue weighted by molar-refractivity contribution is 0.126. The summed E-state index contributed by atoms with van der Waals surface area (Å²) < 4.78 is 0.963. The summed E-state index contributed by atoms with van der Waals surface area (Å²) in [4.78, 5) is 0. The van der Waals surface area contributed by atoms with E-state index in [-0.39, 0.29) is 0 Å². The predicted octanol–water partition coefficient (Wildman–Crippen LogP) is 11.3. The second-order valence-electron chi connectivity index (χ2n) is 11.8. The molecule has 0 saturated heterocycles. The van der Waals surface area contributed by atoms with E-state index in [0.29, 0.717) is 0 Å².